The van der Waals surface area contributed by atoms with E-state index in [9.17, 15) is 4.79 Å². The predicted molar refractivity (Wildman–Crippen MR) is 80.6 cm³/mol. The zero-order valence-corrected chi connectivity index (χ0v) is 13.0. The third-order valence-corrected chi connectivity index (χ3v) is 4.60. The van der Waals surface area contributed by atoms with Crippen molar-refractivity contribution >= 4 is 12.1 Å². The molecule has 0 aliphatic carbocycles. The van der Waals surface area contributed by atoms with Crippen LogP contribution in [0.5, 0.6) is 11.5 Å². The number of ether oxygens (including phenoxy) is 2. The highest BCUT2D eigenvalue weighted by atomic mass is 16.7. The monoisotopic (exact) mass is 291 g/mol. The number of anilines is 1. The molecule has 1 atom stereocenters. The molecule has 1 unspecified atom stereocenters. The van der Waals surface area contributed by atoms with E-state index >= 15 is 0 Å². The first-order chi connectivity index (χ1) is 9.97. The fourth-order valence-electron chi connectivity index (χ4n) is 2.77. The Morgan fingerprint density at radius 2 is 1.95 bits per heavy atom. The van der Waals surface area contributed by atoms with Crippen LogP contribution < -0.4 is 14.4 Å². The van der Waals surface area contributed by atoms with Gasteiger partial charge in [-0.1, -0.05) is 6.92 Å². The third-order valence-electron chi connectivity index (χ3n) is 4.60. The van der Waals surface area contributed by atoms with E-state index in [-0.39, 0.29) is 0 Å². The topological polar surface area (TPSA) is 38.8 Å². The summed E-state index contributed by atoms with van der Waals surface area (Å²) < 4.78 is 12.3. The van der Waals surface area contributed by atoms with Crippen LogP contribution in [-0.2, 0) is 4.79 Å². The zero-order valence-electron chi connectivity index (χ0n) is 13.0. The minimum absolute atomic E-state index is 0.495. The summed E-state index contributed by atoms with van der Waals surface area (Å²) in [4.78, 5) is 13.4. The second-order valence-corrected chi connectivity index (χ2v) is 6.34. The lowest BCUT2D eigenvalue weighted by Crippen LogP contribution is -2.56. The Labute approximate surface area is 125 Å². The van der Waals surface area contributed by atoms with Crippen molar-refractivity contribution in [3.8, 4) is 11.5 Å². The maximum absolute atomic E-state index is 11.1. The van der Waals surface area contributed by atoms with Crippen LogP contribution in [0.2, 0.25) is 0 Å². The Morgan fingerprint density at radius 3 is 2.57 bits per heavy atom. The summed E-state index contributed by atoms with van der Waals surface area (Å²) in [5, 5.41) is 0. The summed E-state index contributed by atoms with van der Waals surface area (Å²) in [6.45, 7) is 7.44. The van der Waals surface area contributed by atoms with Crippen molar-refractivity contribution in [2.24, 2.45) is 0 Å². The molecule has 0 aromatic heterocycles. The van der Waals surface area contributed by atoms with Gasteiger partial charge >= 0.3 is 6.41 Å². The summed E-state index contributed by atoms with van der Waals surface area (Å²) in [6, 6.07) is 6.10. The number of piperazine rings is 1. The lowest BCUT2D eigenvalue weighted by Gasteiger charge is -2.38. The van der Waals surface area contributed by atoms with E-state index in [0.29, 0.717) is 4.48 Å². The minimum atomic E-state index is -0.546. The largest absolute Gasteiger partial charge is 0.449 e. The molecule has 1 saturated heterocycles. The van der Waals surface area contributed by atoms with E-state index < -0.39 is 5.79 Å². The van der Waals surface area contributed by atoms with Crippen molar-refractivity contribution in [2.45, 2.75) is 26.1 Å². The van der Waals surface area contributed by atoms with Crippen molar-refractivity contribution in [1.82, 2.24) is 0 Å². The summed E-state index contributed by atoms with van der Waals surface area (Å²) in [7, 11) is 1.98. The quantitative estimate of drug-likeness (QED) is 0.631. The number of rotatable bonds is 3. The second-order valence-electron chi connectivity index (χ2n) is 6.34. The average molecular weight is 291 g/mol. The highest BCUT2D eigenvalue weighted by Gasteiger charge is 2.36. The van der Waals surface area contributed by atoms with Crippen molar-refractivity contribution in [3.05, 3.63) is 18.2 Å². The molecule has 1 aromatic carbocycles. The van der Waals surface area contributed by atoms with Gasteiger partial charge in [0.1, 0.15) is 13.1 Å². The van der Waals surface area contributed by atoms with Crippen LogP contribution >= 0.6 is 0 Å². The number of quaternary nitrogens is 1. The standard InChI is InChI=1S/C16H23N2O3/c1-4-16(2)20-14-6-5-13(11-15(14)21-16)17-7-9-18(3,12-19)10-8-17/h5-6,11-12H,4,7-10H2,1-3H3/q+1. The molecule has 2 aliphatic rings. The van der Waals surface area contributed by atoms with Gasteiger partial charge in [-0.2, -0.15) is 0 Å². The minimum Gasteiger partial charge on any atom is -0.449 e. The lowest BCUT2D eigenvalue weighted by molar-refractivity contribution is -0.826. The van der Waals surface area contributed by atoms with Crippen LogP contribution in [0.1, 0.15) is 20.3 Å². The second kappa shape index (κ2) is 4.91. The zero-order chi connectivity index (χ0) is 15.1. The van der Waals surface area contributed by atoms with Crippen LogP contribution in [0.25, 0.3) is 0 Å². The number of nitrogens with zero attached hydrogens (tertiary/aromatic N) is 2. The Morgan fingerprint density at radius 1 is 1.29 bits per heavy atom. The maximum atomic E-state index is 11.1. The van der Waals surface area contributed by atoms with Crippen LogP contribution in [0.15, 0.2) is 18.2 Å². The SMILES string of the molecule is CCC1(C)Oc2ccc(N3CC[N+](C)(C=O)CC3)cc2O1. The van der Waals surface area contributed by atoms with Crippen molar-refractivity contribution < 1.29 is 18.8 Å². The van der Waals surface area contributed by atoms with Crippen molar-refractivity contribution in [3.63, 3.8) is 0 Å². The number of fused-ring (bicyclic) bond motifs is 1. The van der Waals surface area contributed by atoms with Crippen LogP contribution in [-0.4, -0.2) is 49.9 Å². The Bertz CT molecular complexity index is 552. The van der Waals surface area contributed by atoms with Gasteiger partial charge < -0.3 is 14.4 Å². The first-order valence-corrected chi connectivity index (χ1v) is 7.54. The van der Waals surface area contributed by atoms with Gasteiger partial charge in [-0.25, -0.2) is 4.79 Å². The molecule has 0 N–H and O–H groups in total. The average Bonchev–Trinajstić information content (AvgIpc) is 2.84. The number of likely N-dealkylation sites (N-methyl/N-ethyl adjacent to an activating group) is 1. The lowest BCUT2D eigenvalue weighted by atomic mass is 10.2. The molecule has 5 heteroatoms. The van der Waals surface area contributed by atoms with E-state index in [1.54, 1.807) is 0 Å². The fraction of sp³-hybridized carbons (Fsp3) is 0.562. The van der Waals surface area contributed by atoms with Crippen molar-refractivity contribution in [2.75, 3.05) is 38.1 Å². The molecule has 0 bridgehead atoms. The molecule has 1 fully saturated rings. The third kappa shape index (κ3) is 2.58. The number of hydrogen-bond acceptors (Lipinski definition) is 4. The van der Waals surface area contributed by atoms with E-state index in [2.05, 4.69) is 17.9 Å². The molecule has 3 rings (SSSR count). The van der Waals surface area contributed by atoms with E-state index in [0.717, 1.165) is 56.2 Å². The van der Waals surface area contributed by atoms with Crippen LogP contribution in [0, 0.1) is 0 Å². The number of amides is 1. The van der Waals surface area contributed by atoms with Gasteiger partial charge in [-0.05, 0) is 12.1 Å². The molecule has 1 aromatic rings. The normalized spacial score (nSPS) is 26.7. The molecular weight excluding hydrogens is 268 g/mol. The van der Waals surface area contributed by atoms with Gasteiger partial charge in [0.2, 0.25) is 5.79 Å². The highest BCUT2D eigenvalue weighted by Crippen LogP contribution is 2.42. The summed E-state index contributed by atoms with van der Waals surface area (Å²) in [6.07, 6.45) is 1.85. The molecule has 21 heavy (non-hydrogen) atoms. The summed E-state index contributed by atoms with van der Waals surface area (Å²) in [5.74, 6) is 1.08. The molecule has 0 radical (unpaired) electrons. The van der Waals surface area contributed by atoms with Crippen LogP contribution in [0.3, 0.4) is 0 Å². The molecule has 2 aliphatic heterocycles. The Balaban J connectivity index is 1.75. The number of benzene rings is 1. The Kier molecular flexibility index (Phi) is 3.32. The molecule has 2 heterocycles. The Hall–Kier alpha value is -1.75. The van der Waals surface area contributed by atoms with Gasteiger partial charge in [0.05, 0.1) is 20.1 Å². The van der Waals surface area contributed by atoms with Crippen LogP contribution in [0.4, 0.5) is 5.69 Å². The molecule has 114 valence electrons. The maximum Gasteiger partial charge on any atom is 0.301 e. The number of carbonyl (C=O) groups excluding carboxylic acids is 1. The highest BCUT2D eigenvalue weighted by molar-refractivity contribution is 5.58. The number of carbonyl (C=O) groups is 1. The smallest absolute Gasteiger partial charge is 0.301 e. The molecule has 1 amide bonds. The number of hydrogen-bond donors (Lipinski definition) is 0. The van der Waals surface area contributed by atoms with Gasteiger partial charge in [0.25, 0.3) is 0 Å². The van der Waals surface area contributed by atoms with E-state index in [1.807, 2.05) is 26.1 Å². The predicted octanol–water partition coefficient (Wildman–Crippen LogP) is 2.01. The van der Waals surface area contributed by atoms with E-state index in [1.165, 1.54) is 0 Å². The summed E-state index contributed by atoms with van der Waals surface area (Å²) >= 11 is 0. The first kappa shape index (κ1) is 14.2. The molecule has 0 spiro atoms. The molecule has 5 nitrogen and oxygen atoms in total. The first-order valence-electron chi connectivity index (χ1n) is 7.54. The van der Waals surface area contributed by atoms with Gasteiger partial charge in [0, 0.05) is 25.1 Å². The van der Waals surface area contributed by atoms with Gasteiger partial charge in [0.15, 0.2) is 11.5 Å². The summed E-state index contributed by atoms with van der Waals surface area (Å²) in [5.41, 5.74) is 1.13. The van der Waals surface area contributed by atoms with Gasteiger partial charge in [-0.15, -0.1) is 0 Å². The van der Waals surface area contributed by atoms with E-state index in [4.69, 9.17) is 9.47 Å². The van der Waals surface area contributed by atoms with Crippen molar-refractivity contribution in [1.29, 1.82) is 0 Å². The molecule has 0 saturated carbocycles. The molecular formula is C16H23N2O3+. The fourth-order valence-corrected chi connectivity index (χ4v) is 2.77. The van der Waals surface area contributed by atoms with Gasteiger partial charge in [-0.3, -0.25) is 4.48 Å².